The molecule has 0 aliphatic heterocycles. The van der Waals surface area contributed by atoms with Gasteiger partial charge in [-0.1, -0.05) is 18.2 Å². The van der Waals surface area contributed by atoms with Crippen LogP contribution in [0.25, 0.3) is 0 Å². The van der Waals surface area contributed by atoms with E-state index in [0.29, 0.717) is 16.9 Å². The van der Waals surface area contributed by atoms with Gasteiger partial charge in [0, 0.05) is 23.5 Å². The molecule has 6 nitrogen and oxygen atoms in total. The van der Waals surface area contributed by atoms with Crippen LogP contribution < -0.4 is 16.4 Å². The van der Waals surface area contributed by atoms with Crippen LogP contribution in [0.3, 0.4) is 0 Å². The fraction of sp³-hybridized carbons (Fsp3) is 0.0667. The van der Waals surface area contributed by atoms with Gasteiger partial charge in [0.05, 0.1) is 0 Å². The van der Waals surface area contributed by atoms with Gasteiger partial charge in [0.25, 0.3) is 5.91 Å². The molecule has 0 saturated heterocycles. The number of nitrogen functional groups attached to an aromatic ring is 1. The highest BCUT2D eigenvalue weighted by Gasteiger charge is 2.06. The largest absolute Gasteiger partial charge is 0.465 e. The first kappa shape index (κ1) is 14.4. The molecule has 2 aromatic carbocycles. The van der Waals surface area contributed by atoms with E-state index in [-0.39, 0.29) is 12.5 Å². The molecule has 21 heavy (non-hydrogen) atoms. The van der Waals surface area contributed by atoms with Crippen LogP contribution in [-0.4, -0.2) is 17.1 Å². The minimum atomic E-state index is -1.08. The normalized spacial score (nSPS) is 9.90. The number of hydrogen-bond donors (Lipinski definition) is 4. The van der Waals surface area contributed by atoms with E-state index in [1.807, 2.05) is 0 Å². The predicted octanol–water partition coefficient (Wildman–Crippen LogP) is 2.29. The number of carbonyl (C=O) groups excluding carboxylic acids is 1. The third-order valence-corrected chi connectivity index (χ3v) is 2.80. The number of carboxylic acid groups (broad SMARTS) is 1. The summed E-state index contributed by atoms with van der Waals surface area (Å²) in [5.41, 5.74) is 8.10. The van der Waals surface area contributed by atoms with Gasteiger partial charge >= 0.3 is 6.09 Å². The average Bonchev–Trinajstić information content (AvgIpc) is 2.45. The summed E-state index contributed by atoms with van der Waals surface area (Å²) >= 11 is 0. The molecule has 0 aliphatic carbocycles. The molecule has 2 rings (SSSR count). The number of nitrogens with two attached hydrogens (primary N) is 1. The van der Waals surface area contributed by atoms with Crippen molar-refractivity contribution in [3.05, 3.63) is 59.7 Å². The SMILES string of the molecule is Nc1cccc(NC(=O)c2ccc(CNC(=O)O)cc2)c1. The molecule has 0 fully saturated rings. The highest BCUT2D eigenvalue weighted by Crippen LogP contribution is 2.13. The minimum Gasteiger partial charge on any atom is -0.465 e. The molecule has 0 aliphatic rings. The maximum Gasteiger partial charge on any atom is 0.404 e. The Labute approximate surface area is 121 Å². The Kier molecular flexibility index (Phi) is 4.40. The highest BCUT2D eigenvalue weighted by molar-refractivity contribution is 6.04. The lowest BCUT2D eigenvalue weighted by molar-refractivity contribution is 0.102. The van der Waals surface area contributed by atoms with Crippen molar-refractivity contribution in [1.82, 2.24) is 5.32 Å². The van der Waals surface area contributed by atoms with Crippen LogP contribution in [-0.2, 0) is 6.54 Å². The molecule has 0 spiro atoms. The fourth-order valence-electron chi connectivity index (χ4n) is 1.77. The second-order valence-electron chi connectivity index (χ2n) is 4.44. The minimum absolute atomic E-state index is 0.201. The summed E-state index contributed by atoms with van der Waals surface area (Å²) in [6.45, 7) is 0.201. The molecule has 0 heterocycles. The lowest BCUT2D eigenvalue weighted by atomic mass is 10.1. The second-order valence-corrected chi connectivity index (χ2v) is 4.44. The van der Waals surface area contributed by atoms with Crippen molar-refractivity contribution in [3.8, 4) is 0 Å². The van der Waals surface area contributed by atoms with Gasteiger partial charge in [0.1, 0.15) is 0 Å². The van der Waals surface area contributed by atoms with Gasteiger partial charge in [0.15, 0.2) is 0 Å². The Balaban J connectivity index is 2.01. The summed E-state index contributed by atoms with van der Waals surface area (Å²) in [5, 5.41) is 13.5. The molecule has 0 aromatic heterocycles. The zero-order chi connectivity index (χ0) is 15.2. The molecule has 2 amide bonds. The monoisotopic (exact) mass is 285 g/mol. The predicted molar refractivity (Wildman–Crippen MR) is 80.1 cm³/mol. The summed E-state index contributed by atoms with van der Waals surface area (Å²) in [4.78, 5) is 22.4. The molecule has 6 heteroatoms. The summed E-state index contributed by atoms with van der Waals surface area (Å²) in [6.07, 6.45) is -1.08. The summed E-state index contributed by atoms with van der Waals surface area (Å²) in [5.74, 6) is -0.252. The van der Waals surface area contributed by atoms with E-state index in [9.17, 15) is 9.59 Å². The van der Waals surface area contributed by atoms with Crippen LogP contribution >= 0.6 is 0 Å². The van der Waals surface area contributed by atoms with Crippen molar-refractivity contribution in [2.45, 2.75) is 6.54 Å². The Morgan fingerprint density at radius 3 is 2.43 bits per heavy atom. The number of rotatable bonds is 4. The van der Waals surface area contributed by atoms with E-state index in [1.165, 1.54) is 0 Å². The Morgan fingerprint density at radius 2 is 1.81 bits per heavy atom. The maximum absolute atomic E-state index is 12.0. The van der Waals surface area contributed by atoms with Crippen LogP contribution in [0.2, 0.25) is 0 Å². The van der Waals surface area contributed by atoms with Crippen LogP contribution in [0.1, 0.15) is 15.9 Å². The first-order valence-electron chi connectivity index (χ1n) is 6.27. The van der Waals surface area contributed by atoms with Crippen LogP contribution in [0, 0.1) is 0 Å². The third-order valence-electron chi connectivity index (χ3n) is 2.80. The standard InChI is InChI=1S/C15H15N3O3/c16-12-2-1-3-13(8-12)18-14(19)11-6-4-10(5-7-11)9-17-15(20)21/h1-8,17H,9,16H2,(H,18,19)(H,20,21). The fourth-order valence-corrected chi connectivity index (χ4v) is 1.77. The van der Waals surface area contributed by atoms with E-state index in [4.69, 9.17) is 10.8 Å². The maximum atomic E-state index is 12.0. The van der Waals surface area contributed by atoms with Gasteiger partial charge in [-0.3, -0.25) is 4.79 Å². The van der Waals surface area contributed by atoms with E-state index in [0.717, 1.165) is 5.56 Å². The van der Waals surface area contributed by atoms with Crippen LogP contribution in [0.4, 0.5) is 16.2 Å². The highest BCUT2D eigenvalue weighted by atomic mass is 16.4. The third kappa shape index (κ3) is 4.24. The van der Waals surface area contributed by atoms with E-state index in [2.05, 4.69) is 10.6 Å². The van der Waals surface area contributed by atoms with Crippen molar-refractivity contribution in [2.24, 2.45) is 0 Å². The number of benzene rings is 2. The van der Waals surface area contributed by atoms with Crippen molar-refractivity contribution in [2.75, 3.05) is 11.1 Å². The van der Waals surface area contributed by atoms with Gasteiger partial charge < -0.3 is 21.5 Å². The first-order chi connectivity index (χ1) is 10.0. The topological polar surface area (TPSA) is 104 Å². The van der Waals surface area contributed by atoms with Crippen molar-refractivity contribution in [1.29, 1.82) is 0 Å². The van der Waals surface area contributed by atoms with Gasteiger partial charge in [0.2, 0.25) is 0 Å². The van der Waals surface area contributed by atoms with Crippen molar-refractivity contribution in [3.63, 3.8) is 0 Å². The lowest BCUT2D eigenvalue weighted by Gasteiger charge is -2.07. The lowest BCUT2D eigenvalue weighted by Crippen LogP contribution is -2.20. The summed E-state index contributed by atoms with van der Waals surface area (Å²) in [6, 6.07) is 13.6. The number of carbonyl (C=O) groups is 2. The van der Waals surface area contributed by atoms with E-state index in [1.54, 1.807) is 48.5 Å². The zero-order valence-corrected chi connectivity index (χ0v) is 11.2. The van der Waals surface area contributed by atoms with Crippen molar-refractivity contribution >= 4 is 23.4 Å². The smallest absolute Gasteiger partial charge is 0.404 e. The molecule has 0 unspecified atom stereocenters. The average molecular weight is 285 g/mol. The quantitative estimate of drug-likeness (QED) is 0.647. The van der Waals surface area contributed by atoms with E-state index < -0.39 is 6.09 Å². The molecule has 0 radical (unpaired) electrons. The zero-order valence-electron chi connectivity index (χ0n) is 11.2. The van der Waals surface area contributed by atoms with Gasteiger partial charge in [-0.15, -0.1) is 0 Å². The van der Waals surface area contributed by atoms with Crippen LogP contribution in [0.15, 0.2) is 48.5 Å². The Morgan fingerprint density at radius 1 is 1.10 bits per heavy atom. The Bertz CT molecular complexity index is 653. The molecule has 0 saturated carbocycles. The van der Waals surface area contributed by atoms with Gasteiger partial charge in [-0.05, 0) is 35.9 Å². The van der Waals surface area contributed by atoms with E-state index >= 15 is 0 Å². The number of anilines is 2. The van der Waals surface area contributed by atoms with Crippen LogP contribution in [0.5, 0.6) is 0 Å². The van der Waals surface area contributed by atoms with Crippen molar-refractivity contribution < 1.29 is 14.7 Å². The molecule has 0 atom stereocenters. The molecule has 5 N–H and O–H groups in total. The number of amides is 2. The summed E-state index contributed by atoms with van der Waals surface area (Å²) in [7, 11) is 0. The second kappa shape index (κ2) is 6.42. The molecular formula is C15H15N3O3. The first-order valence-corrected chi connectivity index (χ1v) is 6.27. The molecular weight excluding hydrogens is 270 g/mol. The molecule has 2 aromatic rings. The summed E-state index contributed by atoms with van der Waals surface area (Å²) < 4.78 is 0. The Hall–Kier alpha value is -3.02. The molecule has 0 bridgehead atoms. The number of nitrogens with one attached hydrogen (secondary N) is 2. The molecule has 108 valence electrons. The van der Waals surface area contributed by atoms with Gasteiger partial charge in [-0.25, -0.2) is 4.79 Å². The van der Waals surface area contributed by atoms with Gasteiger partial charge in [-0.2, -0.15) is 0 Å². The number of hydrogen-bond acceptors (Lipinski definition) is 3.